The van der Waals surface area contributed by atoms with Gasteiger partial charge in [0.25, 0.3) is 10.0 Å². The van der Waals surface area contributed by atoms with Crippen LogP contribution in [0.4, 0.5) is 0 Å². The smallest absolute Gasteiger partial charge is 0.357 e. The minimum absolute atomic E-state index is 0.0325. The molecule has 0 amide bonds. The van der Waals surface area contributed by atoms with E-state index >= 15 is 0 Å². The highest BCUT2D eigenvalue weighted by Gasteiger charge is 2.38. The first-order valence-electron chi connectivity index (χ1n) is 6.09. The Morgan fingerprint density at radius 1 is 1.38 bits per heavy atom. The highest BCUT2D eigenvalue weighted by molar-refractivity contribution is 7.89. The molecular formula is C13H15NO6S. The van der Waals surface area contributed by atoms with Gasteiger partial charge in [-0.15, -0.1) is 0 Å². The Kier molecular flexibility index (Phi) is 3.93. The van der Waals surface area contributed by atoms with Crippen LogP contribution >= 0.6 is 0 Å². The minimum atomic E-state index is -4.00. The fraction of sp³-hybridized carbons (Fsp3) is 0.308. The van der Waals surface area contributed by atoms with E-state index in [2.05, 4.69) is 0 Å². The van der Waals surface area contributed by atoms with Crippen LogP contribution in [0.2, 0.25) is 0 Å². The number of nitrogens with zero attached hydrogens (tertiary/aromatic N) is 1. The Labute approximate surface area is 122 Å². The number of ether oxygens (including phenoxy) is 1. The van der Waals surface area contributed by atoms with E-state index in [1.807, 2.05) is 0 Å². The lowest BCUT2D eigenvalue weighted by atomic mass is 10.0. The maximum absolute atomic E-state index is 12.4. The van der Waals surface area contributed by atoms with Crippen LogP contribution in [0.15, 0.2) is 28.8 Å². The Morgan fingerprint density at radius 3 is 2.62 bits per heavy atom. The van der Waals surface area contributed by atoms with Crippen molar-refractivity contribution in [3.8, 4) is 0 Å². The van der Waals surface area contributed by atoms with Gasteiger partial charge < -0.3 is 14.9 Å². The van der Waals surface area contributed by atoms with Gasteiger partial charge >= 0.3 is 5.97 Å². The van der Waals surface area contributed by atoms with Crippen molar-refractivity contribution in [1.29, 1.82) is 0 Å². The molecule has 0 unspecified atom stereocenters. The summed E-state index contributed by atoms with van der Waals surface area (Å²) < 4.78 is 30.3. The average molecular weight is 313 g/mol. The number of aliphatic hydroxyl groups excluding tert-OH is 1. The number of methoxy groups -OCH3 is 1. The summed E-state index contributed by atoms with van der Waals surface area (Å²) in [5.74, 6) is -2.06. The lowest BCUT2D eigenvalue weighted by Gasteiger charge is -2.28. The number of benzene rings is 1. The van der Waals surface area contributed by atoms with Crippen molar-refractivity contribution in [1.82, 2.24) is 4.31 Å². The second-order valence-electron chi connectivity index (χ2n) is 4.51. The zero-order chi connectivity index (χ0) is 15.8. The van der Waals surface area contributed by atoms with Crippen molar-refractivity contribution < 1.29 is 28.2 Å². The van der Waals surface area contributed by atoms with E-state index in [1.54, 1.807) is 12.1 Å². The number of aliphatic carboxylic acids is 1. The number of sulfonamides is 1. The van der Waals surface area contributed by atoms with Gasteiger partial charge in [-0.1, -0.05) is 12.1 Å². The molecule has 0 radical (unpaired) electrons. The number of rotatable bonds is 4. The van der Waals surface area contributed by atoms with Gasteiger partial charge in [-0.2, -0.15) is 0 Å². The third-order valence-electron chi connectivity index (χ3n) is 3.31. The van der Waals surface area contributed by atoms with Crippen molar-refractivity contribution in [2.75, 3.05) is 20.8 Å². The summed E-state index contributed by atoms with van der Waals surface area (Å²) in [5.41, 5.74) is -0.111. The second kappa shape index (κ2) is 5.38. The van der Waals surface area contributed by atoms with Crippen molar-refractivity contribution >= 4 is 21.8 Å². The molecule has 21 heavy (non-hydrogen) atoms. The lowest BCUT2D eigenvalue weighted by molar-refractivity contribution is -0.133. The molecule has 2 N–H and O–H groups in total. The highest BCUT2D eigenvalue weighted by atomic mass is 32.2. The molecule has 0 aliphatic carbocycles. The Morgan fingerprint density at radius 2 is 2.05 bits per heavy atom. The summed E-state index contributed by atoms with van der Waals surface area (Å²) in [6.45, 7) is 0.321. The molecule has 2 rings (SSSR count). The molecule has 7 nitrogen and oxygen atoms in total. The zero-order valence-electron chi connectivity index (χ0n) is 11.5. The molecule has 114 valence electrons. The van der Waals surface area contributed by atoms with Gasteiger partial charge in [-0.3, -0.25) is 4.31 Å². The molecule has 0 spiro atoms. The van der Waals surface area contributed by atoms with Crippen LogP contribution in [0.3, 0.4) is 0 Å². The van der Waals surface area contributed by atoms with Crippen LogP contribution in [0.1, 0.15) is 11.1 Å². The van der Waals surface area contributed by atoms with Crippen LogP contribution in [0.25, 0.3) is 5.76 Å². The molecule has 1 aliphatic rings. The summed E-state index contributed by atoms with van der Waals surface area (Å²) in [6, 6.07) is 4.52. The van der Waals surface area contributed by atoms with E-state index in [0.29, 0.717) is 22.9 Å². The topological polar surface area (TPSA) is 104 Å². The summed E-state index contributed by atoms with van der Waals surface area (Å²) >= 11 is 0. The monoisotopic (exact) mass is 313 g/mol. The quantitative estimate of drug-likeness (QED) is 0.853. The zero-order valence-corrected chi connectivity index (χ0v) is 12.3. The van der Waals surface area contributed by atoms with Gasteiger partial charge in [0.2, 0.25) is 0 Å². The van der Waals surface area contributed by atoms with Crippen LogP contribution in [0.5, 0.6) is 0 Å². The molecule has 0 saturated heterocycles. The number of hydrogen-bond donors (Lipinski definition) is 2. The third-order valence-corrected chi connectivity index (χ3v) is 5.10. The number of carbonyl (C=O) groups is 1. The molecule has 1 heterocycles. The molecule has 0 bridgehead atoms. The van der Waals surface area contributed by atoms with Gasteiger partial charge in [-0.25, -0.2) is 13.2 Å². The standard InChI is InChI=1S/C13H15NO6S/c1-14-11(13(16)17)12(15)10-8(6-7-20-2)4-3-5-9(10)21(14,18)19/h3-5,15H,6-7H2,1-2H3,(H,16,17). The number of carboxylic acids is 1. The average Bonchev–Trinajstić information content (AvgIpc) is 2.42. The minimum Gasteiger partial charge on any atom is -0.505 e. The molecule has 8 heteroatoms. The Hall–Kier alpha value is -2.06. The van der Waals surface area contributed by atoms with E-state index in [0.717, 1.165) is 7.05 Å². The first kappa shape index (κ1) is 15.3. The van der Waals surface area contributed by atoms with Gasteiger partial charge in [-0.05, 0) is 18.1 Å². The number of hydrogen-bond acceptors (Lipinski definition) is 5. The first-order chi connectivity index (χ1) is 9.82. The third kappa shape index (κ3) is 2.36. The fourth-order valence-electron chi connectivity index (χ4n) is 2.25. The molecule has 1 aliphatic heterocycles. The molecule has 0 fully saturated rings. The van der Waals surface area contributed by atoms with Crippen molar-refractivity contribution in [2.24, 2.45) is 0 Å². The van der Waals surface area contributed by atoms with Crippen LogP contribution in [0, 0.1) is 0 Å². The molecule has 0 atom stereocenters. The molecule has 0 saturated carbocycles. The van der Waals surface area contributed by atoms with E-state index in [1.165, 1.54) is 13.2 Å². The molecular weight excluding hydrogens is 298 g/mol. The van der Waals surface area contributed by atoms with Crippen molar-refractivity contribution in [3.63, 3.8) is 0 Å². The van der Waals surface area contributed by atoms with E-state index in [4.69, 9.17) is 9.84 Å². The SMILES string of the molecule is COCCc1cccc2c1C(O)=C(C(=O)O)N(C)S2(=O)=O. The van der Waals surface area contributed by atoms with Gasteiger partial charge in [0.1, 0.15) is 0 Å². The van der Waals surface area contributed by atoms with E-state index in [-0.39, 0.29) is 10.5 Å². The maximum atomic E-state index is 12.4. The lowest BCUT2D eigenvalue weighted by Crippen LogP contribution is -2.35. The predicted octanol–water partition coefficient (Wildman–Crippen LogP) is 0.821. The number of fused-ring (bicyclic) bond motifs is 1. The maximum Gasteiger partial charge on any atom is 0.357 e. The van der Waals surface area contributed by atoms with Gasteiger partial charge in [0.15, 0.2) is 11.5 Å². The Bertz CT molecular complexity index is 722. The van der Waals surface area contributed by atoms with Gasteiger partial charge in [0.05, 0.1) is 11.5 Å². The van der Waals surface area contributed by atoms with Crippen LogP contribution in [-0.2, 0) is 26.0 Å². The summed E-state index contributed by atoms with van der Waals surface area (Å²) in [4.78, 5) is 11.1. The van der Waals surface area contributed by atoms with E-state index in [9.17, 15) is 18.3 Å². The molecule has 1 aromatic rings. The normalized spacial score (nSPS) is 16.8. The van der Waals surface area contributed by atoms with Crippen molar-refractivity contribution in [2.45, 2.75) is 11.3 Å². The molecule has 0 aromatic heterocycles. The fourth-order valence-corrected chi connectivity index (χ4v) is 3.69. The number of carboxylic acid groups (broad SMARTS) is 1. The predicted molar refractivity (Wildman–Crippen MR) is 74.2 cm³/mol. The first-order valence-corrected chi connectivity index (χ1v) is 7.53. The largest absolute Gasteiger partial charge is 0.505 e. The highest BCUT2D eigenvalue weighted by Crippen LogP contribution is 2.36. The summed E-state index contributed by atoms with van der Waals surface area (Å²) in [5, 5.41) is 19.4. The summed E-state index contributed by atoms with van der Waals surface area (Å²) in [7, 11) is -1.41. The van der Waals surface area contributed by atoms with Crippen LogP contribution in [-0.4, -0.2) is 49.7 Å². The number of aliphatic hydroxyl groups is 1. The Balaban J connectivity index is 2.77. The van der Waals surface area contributed by atoms with Crippen LogP contribution < -0.4 is 0 Å². The van der Waals surface area contributed by atoms with Gasteiger partial charge in [0, 0.05) is 19.7 Å². The van der Waals surface area contributed by atoms with Crippen molar-refractivity contribution in [3.05, 3.63) is 35.0 Å². The summed E-state index contributed by atoms with van der Waals surface area (Å²) in [6.07, 6.45) is 0.357. The molecule has 1 aromatic carbocycles. The number of likely N-dealkylation sites (N-methyl/N-ethyl adjacent to an activating group) is 1. The second-order valence-corrected chi connectivity index (χ2v) is 6.45. The van der Waals surface area contributed by atoms with E-state index < -0.39 is 27.4 Å².